The van der Waals surface area contributed by atoms with E-state index >= 15 is 0 Å². The van der Waals surface area contributed by atoms with Gasteiger partial charge in [-0.1, -0.05) is 29.4 Å². The number of anilines is 1. The number of aromatic nitrogens is 2. The molecule has 10 heteroatoms. The van der Waals surface area contributed by atoms with Crippen LogP contribution in [-0.2, 0) is 17.4 Å². The fraction of sp³-hybridized carbons (Fsp3) is 0.318. The molecule has 3 aromatic rings. The zero-order valence-electron chi connectivity index (χ0n) is 17.2. The monoisotopic (exact) mass is 446 g/mol. The van der Waals surface area contributed by atoms with E-state index in [1.165, 1.54) is 12.1 Å². The largest absolute Gasteiger partial charge is 0.496 e. The summed E-state index contributed by atoms with van der Waals surface area (Å²) in [4.78, 5) is 18.5. The summed E-state index contributed by atoms with van der Waals surface area (Å²) >= 11 is 0. The lowest BCUT2D eigenvalue weighted by Gasteiger charge is -2.36. The summed E-state index contributed by atoms with van der Waals surface area (Å²) in [7, 11) is 1.60. The predicted molar refractivity (Wildman–Crippen MR) is 109 cm³/mol. The van der Waals surface area contributed by atoms with Crippen molar-refractivity contribution in [3.8, 4) is 5.75 Å². The van der Waals surface area contributed by atoms with Gasteiger partial charge in [-0.2, -0.15) is 18.2 Å². The zero-order valence-corrected chi connectivity index (χ0v) is 17.2. The van der Waals surface area contributed by atoms with Gasteiger partial charge in [0.15, 0.2) is 5.82 Å². The van der Waals surface area contributed by atoms with E-state index in [4.69, 9.17) is 9.26 Å². The molecule has 1 aromatic heterocycles. The van der Waals surface area contributed by atoms with Crippen LogP contribution in [0.1, 0.15) is 28.8 Å². The van der Waals surface area contributed by atoms with Crippen LogP contribution in [0.5, 0.6) is 5.75 Å². The minimum Gasteiger partial charge on any atom is -0.496 e. The van der Waals surface area contributed by atoms with Crippen LogP contribution in [0.2, 0.25) is 0 Å². The molecule has 0 aliphatic carbocycles. The summed E-state index contributed by atoms with van der Waals surface area (Å²) in [5.74, 6) is 1.43. The molecule has 4 rings (SSSR count). The highest BCUT2D eigenvalue weighted by atomic mass is 19.4. The maximum Gasteiger partial charge on any atom is 0.416 e. The lowest BCUT2D eigenvalue weighted by molar-refractivity contribution is -0.137. The molecule has 0 saturated carbocycles. The standard InChI is InChI=1S/C22H21F3N4O3/c1-31-18-8-3-2-5-14(18)9-19-27-21(32-28-19)15-11-29(12-15)13-20(30)26-17-7-4-6-16(10-17)22(23,24)25/h2-8,10,15H,9,11-13H2,1H3,(H,26,30). The van der Waals surface area contributed by atoms with Crippen molar-refractivity contribution in [1.82, 2.24) is 15.0 Å². The van der Waals surface area contributed by atoms with Crippen molar-refractivity contribution >= 4 is 11.6 Å². The van der Waals surface area contributed by atoms with Gasteiger partial charge in [-0.3, -0.25) is 9.69 Å². The third-order valence-electron chi connectivity index (χ3n) is 5.17. The summed E-state index contributed by atoms with van der Waals surface area (Å²) in [5.41, 5.74) is 0.253. The topological polar surface area (TPSA) is 80.5 Å². The van der Waals surface area contributed by atoms with Gasteiger partial charge in [0.25, 0.3) is 0 Å². The van der Waals surface area contributed by atoms with Crippen molar-refractivity contribution in [2.45, 2.75) is 18.5 Å². The summed E-state index contributed by atoms with van der Waals surface area (Å²) < 4.78 is 49.1. The van der Waals surface area contributed by atoms with E-state index in [0.29, 0.717) is 31.2 Å². The van der Waals surface area contributed by atoms with E-state index in [-0.39, 0.29) is 24.1 Å². The number of carbonyl (C=O) groups excluding carboxylic acids is 1. The van der Waals surface area contributed by atoms with Crippen LogP contribution >= 0.6 is 0 Å². The number of halogens is 3. The second-order valence-corrected chi connectivity index (χ2v) is 7.56. The number of amides is 1. The van der Waals surface area contributed by atoms with Crippen LogP contribution in [0.15, 0.2) is 53.1 Å². The van der Waals surface area contributed by atoms with Crippen LogP contribution < -0.4 is 10.1 Å². The Bertz CT molecular complexity index is 1090. The lowest BCUT2D eigenvalue weighted by Crippen LogP contribution is -2.48. The van der Waals surface area contributed by atoms with Gasteiger partial charge >= 0.3 is 6.18 Å². The van der Waals surface area contributed by atoms with Gasteiger partial charge < -0.3 is 14.6 Å². The number of hydrogen-bond acceptors (Lipinski definition) is 6. The van der Waals surface area contributed by atoms with Gasteiger partial charge in [-0.25, -0.2) is 0 Å². The normalized spacial score (nSPS) is 14.8. The number of carbonyl (C=O) groups is 1. The summed E-state index contributed by atoms with van der Waals surface area (Å²) in [6, 6.07) is 12.2. The fourth-order valence-corrected chi connectivity index (χ4v) is 3.56. The molecule has 1 saturated heterocycles. The summed E-state index contributed by atoms with van der Waals surface area (Å²) in [6.07, 6.45) is -3.98. The third-order valence-corrected chi connectivity index (χ3v) is 5.17. The molecular formula is C22H21F3N4O3. The SMILES string of the molecule is COc1ccccc1Cc1noc(C2CN(CC(=O)Nc3cccc(C(F)(F)F)c3)C2)n1. The molecule has 0 radical (unpaired) electrons. The number of alkyl halides is 3. The number of hydrogen-bond donors (Lipinski definition) is 1. The number of nitrogens with one attached hydrogen (secondary N) is 1. The number of para-hydroxylation sites is 1. The average molecular weight is 446 g/mol. The van der Waals surface area contributed by atoms with Gasteiger partial charge in [-0.05, 0) is 24.3 Å². The molecule has 168 valence electrons. The molecule has 2 aromatic carbocycles. The van der Waals surface area contributed by atoms with Gasteiger partial charge in [-0.15, -0.1) is 0 Å². The second-order valence-electron chi connectivity index (χ2n) is 7.56. The van der Waals surface area contributed by atoms with Crippen molar-refractivity contribution in [1.29, 1.82) is 0 Å². The fourth-order valence-electron chi connectivity index (χ4n) is 3.56. The molecule has 0 atom stereocenters. The average Bonchev–Trinajstić information content (AvgIpc) is 3.18. The number of rotatable bonds is 7. The Kier molecular flexibility index (Phi) is 6.13. The first-order valence-corrected chi connectivity index (χ1v) is 9.95. The van der Waals surface area contributed by atoms with Crippen LogP contribution in [0.3, 0.4) is 0 Å². The van der Waals surface area contributed by atoms with Gasteiger partial charge in [0.2, 0.25) is 11.8 Å². The zero-order chi connectivity index (χ0) is 22.7. The Morgan fingerprint density at radius 2 is 2.00 bits per heavy atom. The Labute approximate surface area is 182 Å². The van der Waals surface area contributed by atoms with E-state index < -0.39 is 11.7 Å². The highest BCUT2D eigenvalue weighted by Gasteiger charge is 2.34. The molecule has 1 aliphatic rings. The Hall–Kier alpha value is -3.40. The van der Waals surface area contributed by atoms with Crippen molar-refractivity contribution in [3.63, 3.8) is 0 Å². The van der Waals surface area contributed by atoms with E-state index in [9.17, 15) is 18.0 Å². The molecule has 0 bridgehead atoms. The van der Waals surface area contributed by atoms with Crippen LogP contribution in [0.25, 0.3) is 0 Å². The van der Waals surface area contributed by atoms with Gasteiger partial charge in [0.05, 0.1) is 25.1 Å². The minimum atomic E-state index is -4.46. The minimum absolute atomic E-state index is 0.00952. The molecule has 32 heavy (non-hydrogen) atoms. The molecule has 1 fully saturated rings. The summed E-state index contributed by atoms with van der Waals surface area (Å²) in [5, 5.41) is 6.53. The first-order valence-electron chi connectivity index (χ1n) is 9.95. The molecule has 2 heterocycles. The second kappa shape index (κ2) is 8.99. The molecule has 1 aliphatic heterocycles. The Balaban J connectivity index is 1.27. The van der Waals surface area contributed by atoms with Crippen LogP contribution in [0, 0.1) is 0 Å². The third kappa shape index (κ3) is 5.08. The van der Waals surface area contributed by atoms with Gasteiger partial charge in [0.1, 0.15) is 5.75 Å². The summed E-state index contributed by atoms with van der Waals surface area (Å²) in [6.45, 7) is 1.16. The molecule has 1 amide bonds. The first-order chi connectivity index (χ1) is 15.3. The van der Waals surface area contributed by atoms with Crippen LogP contribution in [0.4, 0.5) is 18.9 Å². The number of ether oxygens (including phenoxy) is 1. The Morgan fingerprint density at radius 3 is 2.75 bits per heavy atom. The number of nitrogens with zero attached hydrogens (tertiary/aromatic N) is 3. The van der Waals surface area contributed by atoms with E-state index in [0.717, 1.165) is 23.4 Å². The number of benzene rings is 2. The van der Waals surface area contributed by atoms with Crippen molar-refractivity contribution in [2.75, 3.05) is 32.1 Å². The van der Waals surface area contributed by atoms with Crippen molar-refractivity contribution in [2.24, 2.45) is 0 Å². The van der Waals surface area contributed by atoms with E-state index in [2.05, 4.69) is 15.5 Å². The molecule has 0 unspecified atom stereocenters. The highest BCUT2D eigenvalue weighted by Crippen LogP contribution is 2.31. The molecule has 7 nitrogen and oxygen atoms in total. The quantitative estimate of drug-likeness (QED) is 0.596. The number of likely N-dealkylation sites (tertiary alicyclic amines) is 1. The van der Waals surface area contributed by atoms with Crippen molar-refractivity contribution in [3.05, 3.63) is 71.4 Å². The maximum absolute atomic E-state index is 12.8. The van der Waals surface area contributed by atoms with E-state index in [1.54, 1.807) is 7.11 Å². The smallest absolute Gasteiger partial charge is 0.416 e. The highest BCUT2D eigenvalue weighted by molar-refractivity contribution is 5.92. The van der Waals surface area contributed by atoms with Crippen LogP contribution in [-0.4, -0.2) is 47.7 Å². The lowest BCUT2D eigenvalue weighted by atomic mass is 10.0. The predicted octanol–water partition coefficient (Wildman–Crippen LogP) is 3.73. The van der Waals surface area contributed by atoms with Gasteiger partial charge in [0, 0.05) is 30.8 Å². The Morgan fingerprint density at radius 1 is 1.22 bits per heavy atom. The number of methoxy groups -OCH3 is 1. The van der Waals surface area contributed by atoms with E-state index in [1.807, 2.05) is 29.2 Å². The van der Waals surface area contributed by atoms with Crippen molar-refractivity contribution < 1.29 is 27.2 Å². The first kappa shape index (κ1) is 21.8. The molecule has 0 spiro atoms. The molecular weight excluding hydrogens is 425 g/mol. The molecule has 1 N–H and O–H groups in total. The maximum atomic E-state index is 12.8.